The highest BCUT2D eigenvalue weighted by molar-refractivity contribution is 5.90. The predicted octanol–water partition coefficient (Wildman–Crippen LogP) is 2.53. The van der Waals surface area contributed by atoms with Crippen molar-refractivity contribution in [3.63, 3.8) is 0 Å². The van der Waals surface area contributed by atoms with E-state index in [0.29, 0.717) is 24.7 Å². The minimum atomic E-state index is -0.265. The van der Waals surface area contributed by atoms with E-state index in [1.54, 1.807) is 36.3 Å². The summed E-state index contributed by atoms with van der Waals surface area (Å²) in [7, 11) is 1.67. The van der Waals surface area contributed by atoms with Crippen molar-refractivity contribution in [3.8, 4) is 0 Å². The van der Waals surface area contributed by atoms with Crippen LogP contribution in [-0.4, -0.2) is 28.7 Å². The van der Waals surface area contributed by atoms with E-state index in [2.05, 4.69) is 26.0 Å². The number of hydrogen-bond acceptors (Lipinski definition) is 3. The molecule has 0 aliphatic rings. The lowest BCUT2D eigenvalue weighted by molar-refractivity contribution is -0.116. The van der Waals surface area contributed by atoms with Crippen LogP contribution in [0.15, 0.2) is 72.0 Å². The molecule has 0 fully saturated rings. The lowest BCUT2D eigenvalue weighted by Gasteiger charge is -2.13. The van der Waals surface area contributed by atoms with Gasteiger partial charge in [0.1, 0.15) is 12.4 Å². The number of amides is 1. The number of aromatic nitrogens is 2. The lowest BCUT2D eigenvalue weighted by Crippen LogP contribution is -2.36. The van der Waals surface area contributed by atoms with Gasteiger partial charge in [-0.15, -0.1) is 0 Å². The molecule has 1 aromatic heterocycles. The van der Waals surface area contributed by atoms with Gasteiger partial charge in [-0.05, 0) is 41.5 Å². The van der Waals surface area contributed by atoms with Crippen LogP contribution < -0.4 is 16.0 Å². The van der Waals surface area contributed by atoms with Gasteiger partial charge in [0.25, 0.3) is 0 Å². The van der Waals surface area contributed by atoms with Crippen LogP contribution in [0.5, 0.6) is 0 Å². The molecule has 2 aromatic carbocycles. The molecule has 1 amide bonds. The summed E-state index contributed by atoms with van der Waals surface area (Å²) in [6.07, 6.45) is 3.37. The normalized spacial score (nSPS) is 11.2. The summed E-state index contributed by atoms with van der Waals surface area (Å²) in [6, 6.07) is 15.8. The Kier molecular flexibility index (Phi) is 6.94. The van der Waals surface area contributed by atoms with Gasteiger partial charge in [-0.1, -0.05) is 24.3 Å². The first-order chi connectivity index (χ1) is 14.1. The van der Waals surface area contributed by atoms with Gasteiger partial charge in [0.15, 0.2) is 5.96 Å². The zero-order valence-corrected chi connectivity index (χ0v) is 16.1. The van der Waals surface area contributed by atoms with E-state index in [9.17, 15) is 9.18 Å². The monoisotopic (exact) mass is 394 g/mol. The van der Waals surface area contributed by atoms with Gasteiger partial charge in [-0.2, -0.15) is 5.10 Å². The molecule has 3 N–H and O–H groups in total. The molecule has 0 aliphatic heterocycles. The number of halogens is 1. The first-order valence-corrected chi connectivity index (χ1v) is 9.17. The zero-order valence-electron chi connectivity index (χ0n) is 16.1. The summed E-state index contributed by atoms with van der Waals surface area (Å²) in [6.45, 7) is 1.14. The number of aliphatic imine (C=N–C) groups is 1. The standard InChI is InChI=1S/C21H23FN6O/c1-23-21(24-13-16-5-2-7-18(22)11-16)25-14-17-6-3-8-19(12-17)27-20(29)15-28-10-4-9-26-28/h2-12H,13-15H2,1H3,(H,27,29)(H2,23,24,25). The molecule has 7 nitrogen and oxygen atoms in total. The number of benzene rings is 2. The Balaban J connectivity index is 1.50. The summed E-state index contributed by atoms with van der Waals surface area (Å²) < 4.78 is 14.8. The summed E-state index contributed by atoms with van der Waals surface area (Å²) >= 11 is 0. The van der Waals surface area contributed by atoms with Gasteiger partial charge in [-0.3, -0.25) is 14.5 Å². The largest absolute Gasteiger partial charge is 0.352 e. The molecule has 29 heavy (non-hydrogen) atoms. The van der Waals surface area contributed by atoms with Crippen LogP contribution in [-0.2, 0) is 24.4 Å². The molecule has 0 atom stereocenters. The van der Waals surface area contributed by atoms with Gasteiger partial charge in [0, 0.05) is 38.2 Å². The topological polar surface area (TPSA) is 83.3 Å². The molecular formula is C21H23FN6O. The maximum Gasteiger partial charge on any atom is 0.246 e. The summed E-state index contributed by atoms with van der Waals surface area (Å²) in [5.41, 5.74) is 2.52. The summed E-state index contributed by atoms with van der Waals surface area (Å²) in [4.78, 5) is 16.3. The van der Waals surface area contributed by atoms with Crippen molar-refractivity contribution in [1.82, 2.24) is 20.4 Å². The Morgan fingerprint density at radius 3 is 2.45 bits per heavy atom. The van der Waals surface area contributed by atoms with Gasteiger partial charge < -0.3 is 16.0 Å². The maximum atomic E-state index is 13.3. The van der Waals surface area contributed by atoms with Crippen LogP contribution in [0.3, 0.4) is 0 Å². The number of carbonyl (C=O) groups is 1. The average Bonchev–Trinajstić information content (AvgIpc) is 3.21. The second kappa shape index (κ2) is 10.0. The number of guanidine groups is 1. The summed E-state index contributed by atoms with van der Waals surface area (Å²) in [5, 5.41) is 13.2. The Labute approximate surface area is 168 Å². The van der Waals surface area contributed by atoms with Gasteiger partial charge in [-0.25, -0.2) is 4.39 Å². The zero-order chi connectivity index (χ0) is 20.5. The van der Waals surface area contributed by atoms with Crippen LogP contribution >= 0.6 is 0 Å². The lowest BCUT2D eigenvalue weighted by atomic mass is 10.2. The van der Waals surface area contributed by atoms with E-state index in [1.807, 2.05) is 30.3 Å². The van der Waals surface area contributed by atoms with E-state index < -0.39 is 0 Å². The quantitative estimate of drug-likeness (QED) is 0.425. The van der Waals surface area contributed by atoms with Gasteiger partial charge >= 0.3 is 0 Å². The van der Waals surface area contributed by atoms with Crippen molar-refractivity contribution >= 4 is 17.6 Å². The fourth-order valence-electron chi connectivity index (χ4n) is 2.74. The SMILES string of the molecule is CN=C(NCc1cccc(F)c1)NCc1cccc(NC(=O)Cn2cccn2)c1. The first kappa shape index (κ1) is 20.1. The smallest absolute Gasteiger partial charge is 0.246 e. The molecule has 0 aliphatic carbocycles. The number of nitrogens with one attached hydrogen (secondary N) is 3. The van der Waals surface area contributed by atoms with Crippen LogP contribution in [0.4, 0.5) is 10.1 Å². The van der Waals surface area contributed by atoms with Crippen LogP contribution in [0.25, 0.3) is 0 Å². The Morgan fingerprint density at radius 2 is 1.79 bits per heavy atom. The first-order valence-electron chi connectivity index (χ1n) is 9.17. The molecule has 8 heteroatoms. The molecule has 1 heterocycles. The number of nitrogens with zero attached hydrogens (tertiary/aromatic N) is 3. The summed E-state index contributed by atoms with van der Waals surface area (Å²) in [5.74, 6) is 0.187. The average molecular weight is 394 g/mol. The van der Waals surface area contributed by atoms with E-state index in [1.165, 1.54) is 12.1 Å². The molecule has 0 saturated carbocycles. The third kappa shape index (κ3) is 6.46. The van der Waals surface area contributed by atoms with Crippen molar-refractivity contribution < 1.29 is 9.18 Å². The van der Waals surface area contributed by atoms with Crippen LogP contribution in [0.1, 0.15) is 11.1 Å². The van der Waals surface area contributed by atoms with Gasteiger partial charge in [0.2, 0.25) is 5.91 Å². The van der Waals surface area contributed by atoms with E-state index in [0.717, 1.165) is 11.1 Å². The van der Waals surface area contributed by atoms with Gasteiger partial charge in [0.05, 0.1) is 0 Å². The fourth-order valence-corrected chi connectivity index (χ4v) is 2.74. The molecule has 0 unspecified atom stereocenters. The molecule has 3 rings (SSSR count). The van der Waals surface area contributed by atoms with Crippen molar-refractivity contribution in [1.29, 1.82) is 0 Å². The number of carbonyl (C=O) groups excluding carboxylic acids is 1. The molecule has 150 valence electrons. The van der Waals surface area contributed by atoms with E-state index in [4.69, 9.17) is 0 Å². The fraction of sp³-hybridized carbons (Fsp3) is 0.190. The minimum Gasteiger partial charge on any atom is -0.352 e. The highest BCUT2D eigenvalue weighted by atomic mass is 19.1. The molecular weight excluding hydrogens is 371 g/mol. The van der Waals surface area contributed by atoms with E-state index >= 15 is 0 Å². The van der Waals surface area contributed by atoms with Crippen molar-refractivity contribution in [3.05, 3.63) is 83.9 Å². The van der Waals surface area contributed by atoms with Crippen molar-refractivity contribution in [2.45, 2.75) is 19.6 Å². The minimum absolute atomic E-state index is 0.147. The predicted molar refractivity (Wildman–Crippen MR) is 111 cm³/mol. The molecule has 0 bridgehead atoms. The Hall–Kier alpha value is -3.68. The Bertz CT molecular complexity index is 971. The van der Waals surface area contributed by atoms with Crippen LogP contribution in [0, 0.1) is 5.82 Å². The highest BCUT2D eigenvalue weighted by Crippen LogP contribution is 2.11. The maximum absolute atomic E-state index is 13.3. The van der Waals surface area contributed by atoms with E-state index in [-0.39, 0.29) is 18.3 Å². The molecule has 3 aromatic rings. The second-order valence-electron chi connectivity index (χ2n) is 6.36. The molecule has 0 saturated heterocycles. The van der Waals surface area contributed by atoms with Crippen LogP contribution in [0.2, 0.25) is 0 Å². The number of anilines is 1. The third-order valence-corrected chi connectivity index (χ3v) is 4.11. The highest BCUT2D eigenvalue weighted by Gasteiger charge is 2.05. The third-order valence-electron chi connectivity index (χ3n) is 4.11. The Morgan fingerprint density at radius 1 is 1.07 bits per heavy atom. The molecule has 0 spiro atoms. The number of hydrogen-bond donors (Lipinski definition) is 3. The van der Waals surface area contributed by atoms with Crippen molar-refractivity contribution in [2.24, 2.45) is 4.99 Å². The second-order valence-corrected chi connectivity index (χ2v) is 6.36. The molecule has 0 radical (unpaired) electrons. The number of rotatable bonds is 7. The van der Waals surface area contributed by atoms with Crippen molar-refractivity contribution in [2.75, 3.05) is 12.4 Å².